The molecule has 2 fully saturated rings. The minimum Gasteiger partial charge on any atom is -0.381 e. The van der Waals surface area contributed by atoms with Crippen molar-refractivity contribution in [2.24, 2.45) is 0 Å². The van der Waals surface area contributed by atoms with E-state index in [1.165, 1.54) is 29.1 Å². The monoisotopic (exact) mass is 292 g/mol. The molecule has 1 saturated carbocycles. The number of hydrogen-bond donors (Lipinski definition) is 1. The van der Waals surface area contributed by atoms with Crippen LogP contribution >= 0.6 is 11.8 Å². The van der Waals surface area contributed by atoms with Crippen LogP contribution in [-0.4, -0.2) is 38.0 Å². The van der Waals surface area contributed by atoms with Gasteiger partial charge in [0.05, 0.1) is 5.25 Å². The smallest absolute Gasteiger partial charge is 0.243 e. The number of amides is 2. The lowest BCUT2D eigenvalue weighted by Crippen LogP contribution is -2.39. The van der Waals surface area contributed by atoms with Gasteiger partial charge in [-0.05, 0) is 12.8 Å². The zero-order chi connectivity index (χ0) is 14.1. The third-order valence-corrected chi connectivity index (χ3v) is 4.97. The summed E-state index contributed by atoms with van der Waals surface area (Å²) in [6.45, 7) is 0. The second-order valence-electron chi connectivity index (χ2n) is 5.10. The number of likely N-dealkylation sites (tertiary alicyclic amines) is 1. The average molecular weight is 292 g/mol. The van der Waals surface area contributed by atoms with Crippen LogP contribution in [0.3, 0.4) is 0 Å². The Morgan fingerprint density at radius 3 is 2.60 bits per heavy atom. The third kappa shape index (κ3) is 2.37. The highest BCUT2D eigenvalue weighted by molar-refractivity contribution is 8.00. The SMILES string of the molecule is Nc1nccnc1SC1CC(=O)N(C2CCCC2)C1=O. The van der Waals surface area contributed by atoms with Gasteiger partial charge in [0.1, 0.15) is 5.03 Å². The molecule has 3 rings (SSSR count). The molecule has 2 N–H and O–H groups in total. The van der Waals surface area contributed by atoms with Crippen LogP contribution < -0.4 is 5.73 Å². The van der Waals surface area contributed by atoms with Crippen molar-refractivity contribution in [3.8, 4) is 0 Å². The van der Waals surface area contributed by atoms with Crippen molar-refractivity contribution < 1.29 is 9.59 Å². The van der Waals surface area contributed by atoms with Crippen LogP contribution in [0, 0.1) is 0 Å². The first-order chi connectivity index (χ1) is 9.66. The zero-order valence-corrected chi connectivity index (χ0v) is 11.8. The molecular formula is C13H16N4O2S. The first kappa shape index (κ1) is 13.4. The maximum Gasteiger partial charge on any atom is 0.243 e. The number of carbonyl (C=O) groups excluding carboxylic acids is 2. The van der Waals surface area contributed by atoms with E-state index in [-0.39, 0.29) is 24.3 Å². The molecule has 2 amide bonds. The lowest BCUT2D eigenvalue weighted by molar-refractivity contribution is -0.140. The van der Waals surface area contributed by atoms with Crippen molar-refractivity contribution in [2.75, 3.05) is 5.73 Å². The Kier molecular flexibility index (Phi) is 3.60. The summed E-state index contributed by atoms with van der Waals surface area (Å²) in [5, 5.41) is 0.106. The Bertz CT molecular complexity index is 545. The van der Waals surface area contributed by atoms with Crippen LogP contribution in [0.4, 0.5) is 5.82 Å². The molecule has 1 aliphatic carbocycles. The van der Waals surface area contributed by atoms with Crippen molar-refractivity contribution in [3.63, 3.8) is 0 Å². The lowest BCUT2D eigenvalue weighted by atomic mass is 10.2. The minimum absolute atomic E-state index is 0.0677. The van der Waals surface area contributed by atoms with E-state index >= 15 is 0 Å². The minimum atomic E-state index is -0.415. The highest BCUT2D eigenvalue weighted by Crippen LogP contribution is 2.35. The molecule has 1 aliphatic heterocycles. The number of carbonyl (C=O) groups is 2. The Balaban J connectivity index is 1.74. The topological polar surface area (TPSA) is 89.2 Å². The molecule has 1 atom stereocenters. The van der Waals surface area contributed by atoms with Gasteiger partial charge in [-0.3, -0.25) is 14.5 Å². The summed E-state index contributed by atoms with van der Waals surface area (Å²) in [7, 11) is 0. The molecule has 0 bridgehead atoms. The van der Waals surface area contributed by atoms with Crippen LogP contribution in [0.1, 0.15) is 32.1 Å². The molecule has 20 heavy (non-hydrogen) atoms. The Morgan fingerprint density at radius 1 is 1.20 bits per heavy atom. The van der Waals surface area contributed by atoms with E-state index in [2.05, 4.69) is 9.97 Å². The number of imide groups is 1. The van der Waals surface area contributed by atoms with Gasteiger partial charge in [0.25, 0.3) is 0 Å². The third-order valence-electron chi connectivity index (χ3n) is 3.78. The van der Waals surface area contributed by atoms with Gasteiger partial charge >= 0.3 is 0 Å². The zero-order valence-electron chi connectivity index (χ0n) is 11.0. The fourth-order valence-electron chi connectivity index (χ4n) is 2.82. The summed E-state index contributed by atoms with van der Waals surface area (Å²) < 4.78 is 0. The van der Waals surface area contributed by atoms with Gasteiger partial charge < -0.3 is 5.73 Å². The molecule has 0 radical (unpaired) electrons. The molecule has 1 aromatic rings. The molecule has 0 spiro atoms. The van der Waals surface area contributed by atoms with E-state index in [0.717, 1.165) is 25.7 Å². The number of nitrogens with zero attached hydrogens (tertiary/aromatic N) is 3. The number of nitrogens with two attached hydrogens (primary N) is 1. The first-order valence-corrected chi connectivity index (χ1v) is 7.64. The number of hydrogen-bond acceptors (Lipinski definition) is 6. The van der Waals surface area contributed by atoms with Gasteiger partial charge in [0, 0.05) is 24.9 Å². The highest BCUT2D eigenvalue weighted by atomic mass is 32.2. The second kappa shape index (κ2) is 5.40. The molecule has 1 saturated heterocycles. The van der Waals surface area contributed by atoms with E-state index < -0.39 is 5.25 Å². The molecular weight excluding hydrogens is 276 g/mol. The second-order valence-corrected chi connectivity index (χ2v) is 6.29. The van der Waals surface area contributed by atoms with Crippen LogP contribution in [-0.2, 0) is 9.59 Å². The number of nitrogen functional groups attached to an aromatic ring is 1. The van der Waals surface area contributed by atoms with Gasteiger partial charge in [-0.1, -0.05) is 24.6 Å². The summed E-state index contributed by atoms with van der Waals surface area (Å²) in [5.74, 6) is 0.135. The van der Waals surface area contributed by atoms with Crippen LogP contribution in [0.2, 0.25) is 0 Å². The maximum atomic E-state index is 12.4. The number of rotatable bonds is 3. The first-order valence-electron chi connectivity index (χ1n) is 6.76. The summed E-state index contributed by atoms with van der Waals surface area (Å²) in [6.07, 6.45) is 7.33. The van der Waals surface area contributed by atoms with Crippen molar-refractivity contribution >= 4 is 29.4 Å². The average Bonchev–Trinajstić information content (AvgIpc) is 3.02. The fraction of sp³-hybridized carbons (Fsp3) is 0.538. The van der Waals surface area contributed by atoms with E-state index in [1.54, 1.807) is 0 Å². The van der Waals surface area contributed by atoms with E-state index in [1.807, 2.05) is 0 Å². The highest BCUT2D eigenvalue weighted by Gasteiger charge is 2.43. The number of thioether (sulfide) groups is 1. The van der Waals surface area contributed by atoms with E-state index in [0.29, 0.717) is 10.8 Å². The molecule has 1 unspecified atom stereocenters. The molecule has 1 aromatic heterocycles. The molecule has 106 valence electrons. The van der Waals surface area contributed by atoms with Crippen LogP contribution in [0.25, 0.3) is 0 Å². The van der Waals surface area contributed by atoms with Gasteiger partial charge in [-0.2, -0.15) is 0 Å². The Labute approximate surface area is 121 Å². The van der Waals surface area contributed by atoms with Crippen molar-refractivity contribution in [1.29, 1.82) is 0 Å². The van der Waals surface area contributed by atoms with Crippen molar-refractivity contribution in [1.82, 2.24) is 14.9 Å². The Morgan fingerprint density at radius 2 is 1.90 bits per heavy atom. The van der Waals surface area contributed by atoms with Crippen molar-refractivity contribution in [2.45, 2.75) is 48.4 Å². The quantitative estimate of drug-likeness (QED) is 0.843. The summed E-state index contributed by atoms with van der Waals surface area (Å²) in [4.78, 5) is 34.0. The normalized spacial score (nSPS) is 23.8. The molecule has 2 aliphatic rings. The Hall–Kier alpha value is -1.63. The summed E-state index contributed by atoms with van der Waals surface area (Å²) in [5.41, 5.74) is 5.73. The van der Waals surface area contributed by atoms with E-state index in [4.69, 9.17) is 5.73 Å². The fourth-order valence-corrected chi connectivity index (χ4v) is 3.83. The van der Waals surface area contributed by atoms with Gasteiger partial charge in [0.2, 0.25) is 11.8 Å². The summed E-state index contributed by atoms with van der Waals surface area (Å²) >= 11 is 1.24. The van der Waals surface area contributed by atoms with Crippen molar-refractivity contribution in [3.05, 3.63) is 12.4 Å². The molecule has 2 heterocycles. The largest absolute Gasteiger partial charge is 0.381 e. The molecule has 0 aromatic carbocycles. The van der Waals surface area contributed by atoms with Gasteiger partial charge in [-0.15, -0.1) is 0 Å². The van der Waals surface area contributed by atoms with Gasteiger partial charge in [0.15, 0.2) is 5.82 Å². The summed E-state index contributed by atoms with van der Waals surface area (Å²) in [6, 6.07) is 0.0970. The molecule has 7 heteroatoms. The lowest BCUT2D eigenvalue weighted by Gasteiger charge is -2.21. The maximum absolute atomic E-state index is 12.4. The predicted octanol–water partition coefficient (Wildman–Crippen LogP) is 1.22. The van der Waals surface area contributed by atoms with E-state index in [9.17, 15) is 9.59 Å². The number of anilines is 1. The van der Waals surface area contributed by atoms with Crippen LogP contribution in [0.5, 0.6) is 0 Å². The van der Waals surface area contributed by atoms with Gasteiger partial charge in [-0.25, -0.2) is 9.97 Å². The van der Waals surface area contributed by atoms with Crippen LogP contribution in [0.15, 0.2) is 17.4 Å². The number of aromatic nitrogens is 2. The standard InChI is InChI=1S/C13H16N4O2S/c14-11-12(16-6-5-15-11)20-9-7-10(18)17(13(9)19)8-3-1-2-4-8/h5-6,8-9H,1-4,7H2,(H2,14,15). The predicted molar refractivity (Wildman–Crippen MR) is 74.8 cm³/mol. The molecule has 6 nitrogen and oxygen atoms in total.